The normalized spacial score (nSPS) is 23.2. The van der Waals surface area contributed by atoms with Crippen LogP contribution in [0.2, 0.25) is 0 Å². The Labute approximate surface area is 307 Å². The van der Waals surface area contributed by atoms with Gasteiger partial charge in [-0.3, -0.25) is 24.1 Å². The summed E-state index contributed by atoms with van der Waals surface area (Å²) in [6, 6.07) is 24.1. The molecular formula is C39H44N6O6S. The van der Waals surface area contributed by atoms with Crippen molar-refractivity contribution in [3.05, 3.63) is 104 Å². The third-order valence-electron chi connectivity index (χ3n) is 9.67. The van der Waals surface area contributed by atoms with Crippen molar-refractivity contribution in [2.24, 2.45) is 0 Å². The Kier molecular flexibility index (Phi) is 11.6. The average molecular weight is 725 g/mol. The van der Waals surface area contributed by atoms with Gasteiger partial charge in [-0.1, -0.05) is 60.7 Å². The van der Waals surface area contributed by atoms with Crippen molar-refractivity contribution in [2.75, 3.05) is 61.1 Å². The van der Waals surface area contributed by atoms with Crippen LogP contribution in [-0.4, -0.2) is 106 Å². The third-order valence-corrected chi connectivity index (χ3v) is 11.3. The molecule has 3 aromatic rings. The maximum absolute atomic E-state index is 15.8. The molecule has 52 heavy (non-hydrogen) atoms. The Hall–Kier alpha value is -5.14. The number of amides is 6. The van der Waals surface area contributed by atoms with Crippen LogP contribution in [0.1, 0.15) is 25.7 Å². The van der Waals surface area contributed by atoms with E-state index in [4.69, 9.17) is 4.74 Å². The number of benzene rings is 3. The van der Waals surface area contributed by atoms with Crippen molar-refractivity contribution in [3.8, 4) is 0 Å². The number of anilines is 3. The molecule has 0 radical (unpaired) electrons. The van der Waals surface area contributed by atoms with Gasteiger partial charge in [-0.2, -0.15) is 0 Å². The number of carbonyl (C=O) groups excluding carboxylic acids is 5. The summed E-state index contributed by atoms with van der Waals surface area (Å²) in [5.74, 6) is -3.36. The number of morpholine rings is 1. The van der Waals surface area contributed by atoms with E-state index >= 15 is 24.0 Å². The van der Waals surface area contributed by atoms with Gasteiger partial charge >= 0.3 is 6.03 Å². The van der Waals surface area contributed by atoms with E-state index in [9.17, 15) is 0 Å². The highest BCUT2D eigenvalue weighted by Gasteiger charge is 2.78. The maximum Gasteiger partial charge on any atom is 0.323 e. The quantitative estimate of drug-likeness (QED) is 0.212. The molecule has 0 bridgehead atoms. The van der Waals surface area contributed by atoms with E-state index in [1.807, 2.05) is 0 Å². The molecule has 0 spiro atoms. The first-order chi connectivity index (χ1) is 25.3. The maximum atomic E-state index is 15.8. The van der Waals surface area contributed by atoms with Crippen LogP contribution in [0.25, 0.3) is 0 Å². The van der Waals surface area contributed by atoms with Crippen LogP contribution in [-0.2, 0) is 23.9 Å². The number of rotatable bonds is 9. The van der Waals surface area contributed by atoms with E-state index in [1.54, 1.807) is 102 Å². The molecule has 6 rings (SSSR count). The van der Waals surface area contributed by atoms with Gasteiger partial charge in [0, 0.05) is 55.0 Å². The zero-order chi connectivity index (χ0) is 36.6. The van der Waals surface area contributed by atoms with E-state index in [1.165, 1.54) is 9.80 Å². The van der Waals surface area contributed by atoms with Crippen LogP contribution in [0, 0.1) is 0 Å². The van der Waals surface area contributed by atoms with Gasteiger partial charge in [-0.05, 0) is 62.1 Å². The van der Waals surface area contributed by atoms with Crippen LogP contribution in [0.4, 0.5) is 21.9 Å². The number of hydrogen-bond acceptors (Lipinski definition) is 7. The fourth-order valence-electron chi connectivity index (χ4n) is 7.19. The average Bonchev–Trinajstić information content (AvgIpc) is 3.19. The lowest BCUT2D eigenvalue weighted by Crippen LogP contribution is -2.86. The zero-order valence-electron chi connectivity index (χ0n) is 29.0. The minimum absolute atomic E-state index is 0.0484. The summed E-state index contributed by atoms with van der Waals surface area (Å²) in [7, 11) is 0. The molecule has 12 nitrogen and oxygen atoms in total. The lowest BCUT2D eigenvalue weighted by Gasteiger charge is -2.58. The predicted molar refractivity (Wildman–Crippen MR) is 202 cm³/mol. The molecule has 3 unspecified atom stereocenters. The molecule has 6 amide bonds. The summed E-state index contributed by atoms with van der Waals surface area (Å²) in [5, 5.41) is 8.67. The fraction of sp³-hybridized carbons (Fsp3) is 0.359. The van der Waals surface area contributed by atoms with Crippen molar-refractivity contribution in [1.29, 1.82) is 0 Å². The molecule has 3 N–H and O–H groups in total. The van der Waals surface area contributed by atoms with Gasteiger partial charge in [0.2, 0.25) is 10.3 Å². The van der Waals surface area contributed by atoms with Gasteiger partial charge in [0.15, 0.2) is 0 Å². The van der Waals surface area contributed by atoms with Gasteiger partial charge < -0.3 is 30.5 Å². The number of hydrogen-bond donors (Lipinski definition) is 3. The molecule has 13 heteroatoms. The molecule has 3 aromatic carbocycles. The van der Waals surface area contributed by atoms with Gasteiger partial charge in [-0.25, -0.2) is 4.79 Å². The summed E-state index contributed by atoms with van der Waals surface area (Å²) >= 11 is 0.941. The Bertz CT molecular complexity index is 1750. The Morgan fingerprint density at radius 3 is 1.73 bits per heavy atom. The molecule has 3 atom stereocenters. The molecule has 0 aliphatic carbocycles. The van der Waals surface area contributed by atoms with E-state index < -0.39 is 46.0 Å². The third kappa shape index (κ3) is 7.02. The number of ether oxygens (including phenoxy) is 1. The highest BCUT2D eigenvalue weighted by Crippen LogP contribution is 2.51. The highest BCUT2D eigenvalue weighted by atomic mass is 32.2. The number of urea groups is 1. The van der Waals surface area contributed by atoms with E-state index in [0.29, 0.717) is 43.0 Å². The number of carbonyl (C=O) groups is 5. The van der Waals surface area contributed by atoms with Crippen molar-refractivity contribution >= 4 is 58.5 Å². The molecule has 3 aliphatic rings. The monoisotopic (exact) mass is 724 g/mol. The van der Waals surface area contributed by atoms with Crippen molar-refractivity contribution in [2.45, 2.75) is 42.0 Å². The van der Waals surface area contributed by atoms with Crippen LogP contribution >= 0.6 is 11.8 Å². The number of nitrogens with one attached hydrogen (secondary N) is 3. The lowest BCUT2D eigenvalue weighted by atomic mass is 9.74. The first-order valence-corrected chi connectivity index (χ1v) is 18.6. The smallest absolute Gasteiger partial charge is 0.323 e. The number of thioether (sulfide) groups is 1. The second-order valence-electron chi connectivity index (χ2n) is 12.9. The van der Waals surface area contributed by atoms with Gasteiger partial charge in [-0.15, -0.1) is 18.3 Å². The molecular weight excluding hydrogens is 681 g/mol. The molecule has 3 aliphatic heterocycles. The molecule has 0 saturated carbocycles. The second-order valence-corrected chi connectivity index (χ2v) is 14.2. The van der Waals surface area contributed by atoms with Crippen molar-refractivity contribution < 1.29 is 28.7 Å². The van der Waals surface area contributed by atoms with Crippen molar-refractivity contribution in [3.63, 3.8) is 0 Å². The Morgan fingerprint density at radius 1 is 0.692 bits per heavy atom. The van der Waals surface area contributed by atoms with E-state index in [0.717, 1.165) is 18.2 Å². The minimum Gasteiger partial charge on any atom is -0.378 e. The van der Waals surface area contributed by atoms with Crippen LogP contribution in [0.15, 0.2) is 104 Å². The first kappa shape index (κ1) is 36.6. The summed E-state index contributed by atoms with van der Waals surface area (Å²) in [6.07, 6.45) is 4.03. The topological polar surface area (TPSA) is 140 Å². The largest absolute Gasteiger partial charge is 0.378 e. The first-order valence-electron chi connectivity index (χ1n) is 17.6. The van der Waals surface area contributed by atoms with Crippen LogP contribution in [0.5, 0.6) is 0 Å². The summed E-state index contributed by atoms with van der Waals surface area (Å²) in [5.41, 5.74) is -1.66. The van der Waals surface area contributed by atoms with Gasteiger partial charge in [0.1, 0.15) is 0 Å². The van der Waals surface area contributed by atoms with Gasteiger partial charge in [0.05, 0.1) is 13.2 Å². The molecule has 0 aromatic heterocycles. The minimum atomic E-state index is -2.75. The second kappa shape index (κ2) is 16.5. The molecule has 3 saturated heterocycles. The fourth-order valence-corrected chi connectivity index (χ4v) is 8.84. The Balaban J connectivity index is 1.66. The number of nitrogens with zero attached hydrogens (tertiary/aromatic N) is 3. The zero-order valence-corrected chi connectivity index (χ0v) is 29.8. The summed E-state index contributed by atoms with van der Waals surface area (Å²) in [6.45, 7) is 5.09. The van der Waals surface area contributed by atoms with Crippen molar-refractivity contribution in [1.82, 2.24) is 14.7 Å². The summed E-state index contributed by atoms with van der Waals surface area (Å²) < 4.78 is 3.11. The number of para-hydroxylation sites is 3. The lowest BCUT2D eigenvalue weighted by molar-refractivity contribution is -0.165. The molecule has 272 valence electrons. The summed E-state index contributed by atoms with van der Waals surface area (Å²) in [4.78, 5) is 81.6. The predicted octanol–water partition coefficient (Wildman–Crippen LogP) is 4.84. The van der Waals surface area contributed by atoms with Crippen LogP contribution < -0.4 is 16.0 Å². The highest BCUT2D eigenvalue weighted by molar-refractivity contribution is 8.02. The number of likely N-dealkylation sites (tertiary alicyclic amines) is 1. The molecule has 3 heterocycles. The number of piperidine rings is 1. The van der Waals surface area contributed by atoms with E-state index in [2.05, 4.69) is 22.5 Å². The van der Waals surface area contributed by atoms with Crippen LogP contribution in [0.3, 0.4) is 0 Å². The standard InChI is InChI=1S/C39H44N6O6S/c1-2-15-32-28-52-39(36(49)43-22-13-6-14-23-43,34(47)41-30-18-9-4-10-19-30)38(35(48)44-24-26-51-27-25-44,33(46)40-29-16-7-3-8-17-29)45(32)37(50)42-31-20-11-5-12-21-31/h2-5,7-12,16-21,32H,1,6,13-15,22-28H2,(H,40,46)(H,41,47)(H,42,50). The SMILES string of the molecule is C=CCC1CSC(C(=O)Nc2ccccc2)(C(=O)N2CCCCC2)C(C(=O)Nc2ccccc2)(C(=O)N2CCOCC2)N1C(=O)Nc1ccccc1. The van der Waals surface area contributed by atoms with Gasteiger partial charge in [0.25, 0.3) is 23.6 Å². The van der Waals surface area contributed by atoms with E-state index in [-0.39, 0.29) is 38.5 Å². The molecule has 3 fully saturated rings. The Morgan fingerprint density at radius 2 is 1.19 bits per heavy atom.